The molecular formula is C12H19NO6S. The number of methoxy groups -OCH3 is 1. The lowest BCUT2D eigenvalue weighted by Crippen LogP contribution is -2.48. The van der Waals surface area contributed by atoms with Gasteiger partial charge >= 0.3 is 11.9 Å². The van der Waals surface area contributed by atoms with Gasteiger partial charge in [-0.15, -0.1) is 0 Å². The van der Waals surface area contributed by atoms with E-state index in [-0.39, 0.29) is 10.9 Å². The Bertz CT molecular complexity index is 397. The molecule has 0 aliphatic carbocycles. The van der Waals surface area contributed by atoms with E-state index in [2.05, 4.69) is 4.74 Å². The molecule has 2 atom stereocenters. The minimum absolute atomic E-state index is 0.129. The van der Waals surface area contributed by atoms with Crippen LogP contribution in [0.4, 0.5) is 0 Å². The fraction of sp³-hybridized carbons (Fsp3) is 0.667. The predicted octanol–water partition coefficient (Wildman–Crippen LogP) is 0.377. The largest absolute Gasteiger partial charge is 0.480 e. The van der Waals surface area contributed by atoms with E-state index < -0.39 is 36.4 Å². The van der Waals surface area contributed by atoms with E-state index in [0.29, 0.717) is 0 Å². The van der Waals surface area contributed by atoms with Crippen LogP contribution in [0.25, 0.3) is 0 Å². The summed E-state index contributed by atoms with van der Waals surface area (Å²) >= 11 is 0.980. The van der Waals surface area contributed by atoms with Crippen molar-refractivity contribution in [2.75, 3.05) is 19.4 Å². The molecule has 0 radical (unpaired) electrons. The van der Waals surface area contributed by atoms with E-state index in [4.69, 9.17) is 5.11 Å². The van der Waals surface area contributed by atoms with E-state index >= 15 is 0 Å². The van der Waals surface area contributed by atoms with Crippen LogP contribution in [0.3, 0.4) is 0 Å². The molecule has 8 heteroatoms. The highest BCUT2D eigenvalue weighted by molar-refractivity contribution is 8.13. The summed E-state index contributed by atoms with van der Waals surface area (Å²) in [6, 6.07) is -1.15. The molecule has 0 aromatic heterocycles. The summed E-state index contributed by atoms with van der Waals surface area (Å²) in [5, 5.41) is 8.85. The number of amides is 1. The zero-order valence-electron chi connectivity index (χ0n) is 11.9. The van der Waals surface area contributed by atoms with Crippen molar-refractivity contribution in [3.63, 3.8) is 0 Å². The number of hydrogen-bond donors (Lipinski definition) is 1. The first kappa shape index (κ1) is 18.4. The minimum atomic E-state index is -1.21. The maximum absolute atomic E-state index is 12.2. The number of thioether (sulfide) groups is 1. The number of carboxylic acids is 1. The number of carbonyl (C=O) groups excluding carboxylic acids is 3. The smallest absolute Gasteiger partial charge is 0.326 e. The summed E-state index contributed by atoms with van der Waals surface area (Å²) in [5.41, 5.74) is 0. The Morgan fingerprint density at radius 1 is 1.25 bits per heavy atom. The number of nitrogens with zero attached hydrogens (tertiary/aromatic N) is 1. The standard InChI is InChI=1S/C12H19NO6S/c1-7(6-20-9(3)14)11(16)13(5-10(15)19-4)8(2)12(17)18/h7-8H,5-6H2,1-4H3,(H,17,18)/t7-,8+/m1/s1. The van der Waals surface area contributed by atoms with Crippen LogP contribution in [0.1, 0.15) is 20.8 Å². The SMILES string of the molecule is COC(=O)CN(C(=O)[C@H](C)CSC(C)=O)[C@@H](C)C(=O)O. The zero-order valence-corrected chi connectivity index (χ0v) is 12.7. The number of ether oxygens (including phenoxy) is 1. The molecule has 0 rings (SSSR count). The van der Waals surface area contributed by atoms with Crippen molar-refractivity contribution in [2.45, 2.75) is 26.8 Å². The normalized spacial score (nSPS) is 13.2. The lowest BCUT2D eigenvalue weighted by molar-refractivity contribution is -0.156. The molecule has 0 aromatic rings. The highest BCUT2D eigenvalue weighted by Crippen LogP contribution is 2.14. The Hall–Kier alpha value is -1.57. The first-order chi connectivity index (χ1) is 9.20. The Balaban J connectivity index is 4.91. The van der Waals surface area contributed by atoms with Crippen LogP contribution in [0.15, 0.2) is 0 Å². The quantitative estimate of drug-likeness (QED) is 0.678. The molecule has 0 heterocycles. The van der Waals surface area contributed by atoms with Gasteiger partial charge in [-0.3, -0.25) is 14.4 Å². The van der Waals surface area contributed by atoms with Crippen LogP contribution in [0.5, 0.6) is 0 Å². The molecule has 0 unspecified atom stereocenters. The second-order valence-electron chi connectivity index (χ2n) is 4.26. The lowest BCUT2D eigenvalue weighted by Gasteiger charge is -2.27. The lowest BCUT2D eigenvalue weighted by atomic mass is 10.1. The highest BCUT2D eigenvalue weighted by atomic mass is 32.2. The maximum Gasteiger partial charge on any atom is 0.326 e. The van der Waals surface area contributed by atoms with E-state index in [9.17, 15) is 19.2 Å². The summed E-state index contributed by atoms with van der Waals surface area (Å²) in [5.74, 6) is -2.75. The Kier molecular flexibility index (Phi) is 7.90. The van der Waals surface area contributed by atoms with Gasteiger partial charge in [0.1, 0.15) is 12.6 Å². The number of carbonyl (C=O) groups is 4. The molecule has 20 heavy (non-hydrogen) atoms. The van der Waals surface area contributed by atoms with Gasteiger partial charge < -0.3 is 14.7 Å². The molecule has 0 fully saturated rings. The molecule has 114 valence electrons. The van der Waals surface area contributed by atoms with Gasteiger partial charge in [0, 0.05) is 18.6 Å². The minimum Gasteiger partial charge on any atom is -0.480 e. The number of esters is 1. The third kappa shape index (κ3) is 6.05. The van der Waals surface area contributed by atoms with Gasteiger partial charge in [0.05, 0.1) is 7.11 Å². The van der Waals surface area contributed by atoms with Crippen molar-refractivity contribution in [1.29, 1.82) is 0 Å². The van der Waals surface area contributed by atoms with Gasteiger partial charge in [-0.1, -0.05) is 18.7 Å². The Morgan fingerprint density at radius 2 is 1.80 bits per heavy atom. The number of aliphatic carboxylic acids is 1. The first-order valence-corrected chi connectivity index (χ1v) is 6.92. The van der Waals surface area contributed by atoms with Gasteiger partial charge in [0.2, 0.25) is 5.91 Å². The monoisotopic (exact) mass is 305 g/mol. The number of rotatable bonds is 7. The van der Waals surface area contributed by atoms with Crippen LogP contribution in [0, 0.1) is 5.92 Å². The van der Waals surface area contributed by atoms with E-state index in [1.165, 1.54) is 13.8 Å². The molecule has 0 aliphatic heterocycles. The second-order valence-corrected chi connectivity index (χ2v) is 5.46. The van der Waals surface area contributed by atoms with E-state index in [0.717, 1.165) is 23.8 Å². The van der Waals surface area contributed by atoms with Crippen molar-refractivity contribution in [3.8, 4) is 0 Å². The molecule has 0 saturated carbocycles. The van der Waals surface area contributed by atoms with Crippen molar-refractivity contribution in [1.82, 2.24) is 4.90 Å². The Labute approximate surface area is 121 Å². The average molecular weight is 305 g/mol. The highest BCUT2D eigenvalue weighted by Gasteiger charge is 2.30. The van der Waals surface area contributed by atoms with Crippen molar-refractivity contribution < 1.29 is 29.0 Å². The van der Waals surface area contributed by atoms with Crippen LogP contribution in [-0.4, -0.2) is 58.4 Å². The average Bonchev–Trinajstić information content (AvgIpc) is 2.39. The van der Waals surface area contributed by atoms with Gasteiger partial charge in [-0.25, -0.2) is 4.79 Å². The van der Waals surface area contributed by atoms with Gasteiger partial charge in [0.25, 0.3) is 0 Å². The van der Waals surface area contributed by atoms with Crippen LogP contribution in [0.2, 0.25) is 0 Å². The topological polar surface area (TPSA) is 101 Å². The van der Waals surface area contributed by atoms with E-state index in [1.54, 1.807) is 6.92 Å². The molecule has 0 saturated heterocycles. The summed E-state index contributed by atoms with van der Waals surface area (Å²) in [7, 11) is 1.16. The van der Waals surface area contributed by atoms with Gasteiger partial charge in [-0.2, -0.15) is 0 Å². The molecule has 1 N–H and O–H groups in total. The van der Waals surface area contributed by atoms with Crippen LogP contribution < -0.4 is 0 Å². The fourth-order valence-corrected chi connectivity index (χ4v) is 1.97. The second kappa shape index (κ2) is 8.57. The molecule has 0 spiro atoms. The van der Waals surface area contributed by atoms with Crippen molar-refractivity contribution in [2.24, 2.45) is 5.92 Å². The molecular weight excluding hydrogens is 286 g/mol. The summed E-state index contributed by atoms with van der Waals surface area (Å²) in [6.07, 6.45) is 0. The van der Waals surface area contributed by atoms with Crippen LogP contribution in [-0.2, 0) is 23.9 Å². The number of carboxylic acid groups (broad SMARTS) is 1. The van der Waals surface area contributed by atoms with Crippen LogP contribution >= 0.6 is 11.8 Å². The van der Waals surface area contributed by atoms with Crippen molar-refractivity contribution in [3.05, 3.63) is 0 Å². The molecule has 0 bridgehead atoms. The molecule has 0 aromatic carbocycles. The number of hydrogen-bond acceptors (Lipinski definition) is 6. The van der Waals surface area contributed by atoms with E-state index in [1.807, 2.05) is 0 Å². The van der Waals surface area contributed by atoms with Crippen molar-refractivity contribution >= 4 is 34.7 Å². The Morgan fingerprint density at radius 3 is 2.20 bits per heavy atom. The predicted molar refractivity (Wildman–Crippen MR) is 73.1 cm³/mol. The molecule has 1 amide bonds. The van der Waals surface area contributed by atoms with Gasteiger partial charge in [-0.05, 0) is 6.92 Å². The molecule has 7 nitrogen and oxygen atoms in total. The third-order valence-corrected chi connectivity index (χ3v) is 3.67. The maximum atomic E-state index is 12.2. The first-order valence-electron chi connectivity index (χ1n) is 5.94. The summed E-state index contributed by atoms with van der Waals surface area (Å²) in [4.78, 5) is 46.3. The summed E-state index contributed by atoms with van der Waals surface area (Å²) < 4.78 is 4.45. The molecule has 0 aliphatic rings. The summed E-state index contributed by atoms with van der Waals surface area (Å²) in [6.45, 7) is 3.84. The fourth-order valence-electron chi connectivity index (χ4n) is 1.34. The van der Waals surface area contributed by atoms with Gasteiger partial charge in [0.15, 0.2) is 5.12 Å². The zero-order chi connectivity index (χ0) is 15.9. The third-order valence-electron chi connectivity index (χ3n) is 2.59.